The second kappa shape index (κ2) is 9.57. The quantitative estimate of drug-likeness (QED) is 0.359. The van der Waals surface area contributed by atoms with Crippen LogP contribution in [0.15, 0.2) is 88.7 Å². The van der Waals surface area contributed by atoms with Gasteiger partial charge in [0.15, 0.2) is 4.80 Å². The summed E-state index contributed by atoms with van der Waals surface area (Å²) in [6, 6.07) is 24.1. The van der Waals surface area contributed by atoms with Crippen molar-refractivity contribution in [1.82, 2.24) is 4.57 Å². The Bertz CT molecular complexity index is 1630. The van der Waals surface area contributed by atoms with E-state index in [4.69, 9.17) is 16.6 Å². The molecule has 1 saturated heterocycles. The second-order valence-corrected chi connectivity index (χ2v) is 10.8. The molecular formula is C30H26ClN3OS. The number of rotatable bonds is 4. The van der Waals surface area contributed by atoms with E-state index in [0.717, 1.165) is 35.5 Å². The molecule has 6 heteroatoms. The Morgan fingerprint density at radius 2 is 1.75 bits per heavy atom. The minimum Gasteiger partial charge on any atom is -0.372 e. The first kappa shape index (κ1) is 23.0. The molecule has 180 valence electrons. The first-order valence-corrected chi connectivity index (χ1v) is 13.5. The number of aromatic nitrogens is 1. The average Bonchev–Trinajstić information content (AvgIpc) is 3.54. The molecule has 1 fully saturated rings. The van der Waals surface area contributed by atoms with Crippen molar-refractivity contribution >= 4 is 40.4 Å². The Morgan fingerprint density at radius 3 is 2.47 bits per heavy atom. The van der Waals surface area contributed by atoms with Crippen molar-refractivity contribution < 1.29 is 0 Å². The van der Waals surface area contributed by atoms with Gasteiger partial charge in [0, 0.05) is 23.8 Å². The molecule has 2 aliphatic heterocycles. The Kier molecular flexibility index (Phi) is 6.12. The number of aryl methyl sites for hydroxylation is 1. The largest absolute Gasteiger partial charge is 0.372 e. The summed E-state index contributed by atoms with van der Waals surface area (Å²) in [7, 11) is 0. The number of nitrogens with zero attached hydrogens (tertiary/aromatic N) is 3. The molecule has 0 amide bonds. The molecule has 1 atom stereocenters. The Balaban J connectivity index is 1.48. The summed E-state index contributed by atoms with van der Waals surface area (Å²) in [5, 5.41) is 0.672. The molecule has 0 radical (unpaired) electrons. The van der Waals surface area contributed by atoms with Crippen molar-refractivity contribution in [1.29, 1.82) is 0 Å². The first-order valence-electron chi connectivity index (χ1n) is 12.3. The van der Waals surface area contributed by atoms with Gasteiger partial charge in [0.05, 0.1) is 16.3 Å². The van der Waals surface area contributed by atoms with Gasteiger partial charge in [0.25, 0.3) is 5.56 Å². The van der Waals surface area contributed by atoms with Crippen LogP contribution in [0.4, 0.5) is 5.69 Å². The maximum absolute atomic E-state index is 13.7. The molecule has 0 N–H and O–H groups in total. The number of halogens is 1. The lowest BCUT2D eigenvalue weighted by molar-refractivity contribution is 0.644. The molecule has 4 aromatic rings. The van der Waals surface area contributed by atoms with Crippen LogP contribution < -0.4 is 19.8 Å². The summed E-state index contributed by atoms with van der Waals surface area (Å²) >= 11 is 7.61. The van der Waals surface area contributed by atoms with E-state index in [1.165, 1.54) is 35.4 Å². The fourth-order valence-corrected chi connectivity index (χ4v) is 6.12. The number of hydrogen-bond donors (Lipinski definition) is 0. The molecule has 36 heavy (non-hydrogen) atoms. The number of fused-ring (bicyclic) bond motifs is 1. The third-order valence-electron chi connectivity index (χ3n) is 6.94. The minimum atomic E-state index is -0.255. The molecule has 1 unspecified atom stereocenters. The Labute approximate surface area is 219 Å². The van der Waals surface area contributed by atoms with Crippen molar-refractivity contribution in [3.63, 3.8) is 0 Å². The SMILES string of the molecule is Cc1cc(N2CCCC2)ccc1C=c1sc2n(c1=O)C(c1ccc(Cl)cc1)C=C(c1ccccc1)N=2. The van der Waals surface area contributed by atoms with Gasteiger partial charge in [-0.2, -0.15) is 0 Å². The van der Waals surface area contributed by atoms with Crippen LogP contribution in [0, 0.1) is 6.92 Å². The molecule has 0 saturated carbocycles. The molecule has 3 aromatic carbocycles. The van der Waals surface area contributed by atoms with Crippen molar-refractivity contribution in [2.75, 3.05) is 18.0 Å². The van der Waals surface area contributed by atoms with Crippen LogP contribution in [0.25, 0.3) is 11.8 Å². The molecule has 3 heterocycles. The lowest BCUT2D eigenvalue weighted by Crippen LogP contribution is -2.36. The second-order valence-electron chi connectivity index (χ2n) is 9.33. The van der Waals surface area contributed by atoms with Crippen LogP contribution in [0.1, 0.15) is 41.1 Å². The lowest BCUT2D eigenvalue weighted by atomic mass is 10.0. The van der Waals surface area contributed by atoms with E-state index in [9.17, 15) is 4.79 Å². The van der Waals surface area contributed by atoms with E-state index in [-0.39, 0.29) is 11.6 Å². The summed E-state index contributed by atoms with van der Waals surface area (Å²) < 4.78 is 2.49. The predicted molar refractivity (Wildman–Crippen MR) is 150 cm³/mol. The maximum atomic E-state index is 13.7. The highest BCUT2D eigenvalue weighted by Gasteiger charge is 2.22. The standard InChI is InChI=1S/C30H26ClN3OS/c1-20-17-25(33-15-5-6-16-33)14-11-23(20)18-28-29(35)34-27(22-9-12-24(31)13-10-22)19-26(32-30(34)36-28)21-7-3-2-4-8-21/h2-4,7-14,17-19,27H,5-6,15-16H2,1H3. The van der Waals surface area contributed by atoms with Gasteiger partial charge in [-0.05, 0) is 78.4 Å². The van der Waals surface area contributed by atoms with Crippen LogP contribution in [0.3, 0.4) is 0 Å². The van der Waals surface area contributed by atoms with Crippen LogP contribution in [0.2, 0.25) is 5.02 Å². The van der Waals surface area contributed by atoms with E-state index in [1.54, 1.807) is 4.57 Å². The monoisotopic (exact) mass is 511 g/mol. The minimum absolute atomic E-state index is 0.0231. The molecule has 2 aliphatic rings. The van der Waals surface area contributed by atoms with Gasteiger partial charge < -0.3 is 4.90 Å². The van der Waals surface area contributed by atoms with Crippen molar-refractivity contribution in [3.8, 4) is 0 Å². The number of benzene rings is 3. The number of anilines is 1. The van der Waals surface area contributed by atoms with E-state index < -0.39 is 0 Å². The summed E-state index contributed by atoms with van der Waals surface area (Å²) in [5.74, 6) is 0. The first-order chi connectivity index (χ1) is 17.6. The molecule has 6 rings (SSSR count). The highest BCUT2D eigenvalue weighted by molar-refractivity contribution is 7.07. The zero-order valence-corrected chi connectivity index (χ0v) is 21.6. The molecule has 0 aliphatic carbocycles. The molecule has 0 bridgehead atoms. The maximum Gasteiger partial charge on any atom is 0.271 e. The Hall–Kier alpha value is -3.41. The normalized spacial score (nSPS) is 17.6. The smallest absolute Gasteiger partial charge is 0.271 e. The third kappa shape index (κ3) is 4.34. The van der Waals surface area contributed by atoms with Crippen molar-refractivity contribution in [3.05, 3.63) is 126 Å². The molecule has 0 spiro atoms. The fraction of sp³-hybridized carbons (Fsp3) is 0.200. The van der Waals surface area contributed by atoms with E-state index in [2.05, 4.69) is 36.1 Å². The van der Waals surface area contributed by atoms with Gasteiger partial charge in [-0.25, -0.2) is 4.99 Å². The highest BCUT2D eigenvalue weighted by Crippen LogP contribution is 2.28. The average molecular weight is 512 g/mol. The molecule has 4 nitrogen and oxygen atoms in total. The predicted octanol–water partition coefficient (Wildman–Crippen LogP) is 5.56. The third-order valence-corrected chi connectivity index (χ3v) is 8.17. The van der Waals surface area contributed by atoms with Gasteiger partial charge in [-0.15, -0.1) is 0 Å². The number of allylic oxidation sites excluding steroid dienone is 1. The zero-order chi connectivity index (χ0) is 24.6. The Morgan fingerprint density at radius 1 is 1.00 bits per heavy atom. The van der Waals surface area contributed by atoms with Gasteiger partial charge in [-0.1, -0.05) is 71.5 Å². The van der Waals surface area contributed by atoms with Crippen LogP contribution in [-0.2, 0) is 0 Å². The number of hydrogen-bond acceptors (Lipinski definition) is 4. The van der Waals surface area contributed by atoms with Crippen LogP contribution in [-0.4, -0.2) is 17.7 Å². The van der Waals surface area contributed by atoms with Gasteiger partial charge in [0.2, 0.25) is 0 Å². The summed E-state index contributed by atoms with van der Waals surface area (Å²) in [6.45, 7) is 4.35. The number of thiazole rings is 1. The fourth-order valence-electron chi connectivity index (χ4n) is 4.98. The zero-order valence-electron chi connectivity index (χ0n) is 20.0. The van der Waals surface area contributed by atoms with Crippen molar-refractivity contribution in [2.24, 2.45) is 4.99 Å². The van der Waals surface area contributed by atoms with Crippen molar-refractivity contribution in [2.45, 2.75) is 25.8 Å². The van der Waals surface area contributed by atoms with Gasteiger partial charge in [0.1, 0.15) is 0 Å². The van der Waals surface area contributed by atoms with E-state index >= 15 is 0 Å². The van der Waals surface area contributed by atoms with Gasteiger partial charge >= 0.3 is 0 Å². The van der Waals surface area contributed by atoms with Crippen LogP contribution >= 0.6 is 22.9 Å². The summed E-state index contributed by atoms with van der Waals surface area (Å²) in [5.41, 5.74) is 6.38. The lowest BCUT2D eigenvalue weighted by Gasteiger charge is -2.19. The van der Waals surface area contributed by atoms with E-state index in [0.29, 0.717) is 14.4 Å². The highest BCUT2D eigenvalue weighted by atomic mass is 35.5. The van der Waals surface area contributed by atoms with E-state index in [1.807, 2.05) is 60.7 Å². The van der Waals surface area contributed by atoms with Gasteiger partial charge in [-0.3, -0.25) is 9.36 Å². The topological polar surface area (TPSA) is 37.6 Å². The molecular weight excluding hydrogens is 486 g/mol. The summed E-state index contributed by atoms with van der Waals surface area (Å²) in [4.78, 5) is 21.8. The summed E-state index contributed by atoms with van der Waals surface area (Å²) in [6.07, 6.45) is 6.58. The van der Waals surface area contributed by atoms with Crippen LogP contribution in [0.5, 0.6) is 0 Å². The molecule has 1 aromatic heterocycles.